The van der Waals surface area contributed by atoms with Gasteiger partial charge in [0.2, 0.25) is 11.8 Å². The smallest absolute Gasteiger partial charge is 0.383 e. The van der Waals surface area contributed by atoms with Crippen LogP contribution in [0, 0.1) is 5.92 Å². The number of nitrogens with zero attached hydrogens (tertiary/aromatic N) is 3. The lowest BCUT2D eigenvalue weighted by atomic mass is 9.95. The molecule has 2 aliphatic rings. The highest BCUT2D eigenvalue weighted by atomic mass is 19.4. The summed E-state index contributed by atoms with van der Waals surface area (Å²) in [6, 6.07) is 0. The molecule has 24 heavy (non-hydrogen) atoms. The number of piperidine rings is 1. The van der Waals surface area contributed by atoms with Crippen molar-refractivity contribution in [1.82, 2.24) is 14.7 Å². The number of carbonyl (C=O) groups is 2. The van der Waals surface area contributed by atoms with Crippen LogP contribution in [0.3, 0.4) is 0 Å². The Bertz CT molecular complexity index is 451. The zero-order chi connectivity index (χ0) is 17.7. The van der Waals surface area contributed by atoms with Gasteiger partial charge >= 0.3 is 6.18 Å². The summed E-state index contributed by atoms with van der Waals surface area (Å²) < 4.78 is 42.1. The first-order valence-corrected chi connectivity index (χ1v) is 8.15. The topological polar surface area (TPSA) is 53.1 Å². The number of hydrogen-bond donors (Lipinski definition) is 0. The molecule has 2 saturated heterocycles. The maximum Gasteiger partial charge on any atom is 0.401 e. The number of rotatable bonds is 5. The molecule has 9 heteroatoms. The minimum Gasteiger partial charge on any atom is -0.383 e. The molecule has 6 nitrogen and oxygen atoms in total. The molecule has 0 N–H and O–H groups in total. The minimum atomic E-state index is -4.21. The fourth-order valence-corrected chi connectivity index (χ4v) is 3.18. The normalized spacial score (nSPS) is 21.4. The molecule has 2 aliphatic heterocycles. The van der Waals surface area contributed by atoms with Gasteiger partial charge in [-0.1, -0.05) is 0 Å². The van der Waals surface area contributed by atoms with Crippen molar-refractivity contribution >= 4 is 11.8 Å². The number of likely N-dealkylation sites (tertiary alicyclic amines) is 1. The van der Waals surface area contributed by atoms with Gasteiger partial charge in [0.25, 0.3) is 0 Å². The van der Waals surface area contributed by atoms with Crippen molar-refractivity contribution in [3.05, 3.63) is 0 Å². The summed E-state index contributed by atoms with van der Waals surface area (Å²) in [6.07, 6.45) is -3.39. The Balaban J connectivity index is 1.78. The van der Waals surface area contributed by atoms with Crippen LogP contribution in [0.1, 0.15) is 12.8 Å². The van der Waals surface area contributed by atoms with Gasteiger partial charge in [-0.05, 0) is 25.9 Å². The van der Waals surface area contributed by atoms with Crippen LogP contribution in [-0.4, -0.2) is 92.2 Å². The second-order valence-corrected chi connectivity index (χ2v) is 6.30. The van der Waals surface area contributed by atoms with Gasteiger partial charge in [-0.2, -0.15) is 13.2 Å². The minimum absolute atomic E-state index is 0.0469. The predicted molar refractivity (Wildman–Crippen MR) is 80.3 cm³/mol. The Morgan fingerprint density at radius 2 is 1.88 bits per heavy atom. The number of carbonyl (C=O) groups excluding carboxylic acids is 2. The summed E-state index contributed by atoms with van der Waals surface area (Å²) >= 11 is 0. The second kappa shape index (κ2) is 8.15. The molecule has 0 saturated carbocycles. The molecule has 0 spiro atoms. The Hall–Kier alpha value is -1.35. The SMILES string of the molecule is COCCN1CCN(C(=O)C2CCN(CC(F)(F)F)CC2)CC1=O. The number of amides is 2. The first-order valence-electron chi connectivity index (χ1n) is 8.15. The third-order valence-electron chi connectivity index (χ3n) is 4.54. The van der Waals surface area contributed by atoms with E-state index in [1.807, 2.05) is 0 Å². The number of ether oxygens (including phenoxy) is 1. The van der Waals surface area contributed by atoms with Gasteiger partial charge in [0.1, 0.15) is 0 Å². The molecule has 0 bridgehead atoms. The molecule has 0 unspecified atom stereocenters. The molecule has 0 aromatic carbocycles. The van der Waals surface area contributed by atoms with Crippen molar-refractivity contribution < 1.29 is 27.5 Å². The average molecular weight is 351 g/mol. The van der Waals surface area contributed by atoms with Gasteiger partial charge in [0, 0.05) is 32.7 Å². The molecule has 0 aromatic heterocycles. The highest BCUT2D eigenvalue weighted by Crippen LogP contribution is 2.24. The molecular weight excluding hydrogens is 327 g/mol. The van der Waals surface area contributed by atoms with Gasteiger partial charge in [-0.15, -0.1) is 0 Å². The zero-order valence-corrected chi connectivity index (χ0v) is 13.8. The number of methoxy groups -OCH3 is 1. The Kier molecular flexibility index (Phi) is 6.45. The molecule has 2 rings (SSSR count). The number of piperazine rings is 1. The van der Waals surface area contributed by atoms with E-state index in [-0.39, 0.29) is 37.4 Å². The highest BCUT2D eigenvalue weighted by molar-refractivity contribution is 5.87. The van der Waals surface area contributed by atoms with Crippen LogP contribution in [-0.2, 0) is 14.3 Å². The van der Waals surface area contributed by atoms with E-state index in [9.17, 15) is 22.8 Å². The number of alkyl halides is 3. The second-order valence-electron chi connectivity index (χ2n) is 6.30. The largest absolute Gasteiger partial charge is 0.401 e. The van der Waals surface area contributed by atoms with Crippen molar-refractivity contribution in [3.63, 3.8) is 0 Å². The van der Waals surface area contributed by atoms with Gasteiger partial charge < -0.3 is 14.5 Å². The third kappa shape index (κ3) is 5.34. The summed E-state index contributed by atoms with van der Waals surface area (Å²) in [6.45, 7) is 1.55. The van der Waals surface area contributed by atoms with E-state index in [4.69, 9.17) is 4.74 Å². The van der Waals surface area contributed by atoms with Crippen LogP contribution in [0.15, 0.2) is 0 Å². The standard InChI is InChI=1S/C15H24F3N3O3/c1-24-9-8-20-6-7-21(10-13(20)22)14(23)12-2-4-19(5-3-12)11-15(16,17)18/h12H,2-11H2,1H3. The predicted octanol–water partition coefficient (Wildman–Crippen LogP) is 0.578. The summed E-state index contributed by atoms with van der Waals surface area (Å²) in [4.78, 5) is 29.1. The van der Waals surface area contributed by atoms with E-state index in [1.165, 1.54) is 9.80 Å². The van der Waals surface area contributed by atoms with Crippen molar-refractivity contribution in [1.29, 1.82) is 0 Å². The van der Waals surface area contributed by atoms with Crippen molar-refractivity contribution in [3.8, 4) is 0 Å². The lowest BCUT2D eigenvalue weighted by molar-refractivity contribution is -0.154. The molecule has 0 aromatic rings. The van der Waals surface area contributed by atoms with Crippen molar-refractivity contribution in [2.24, 2.45) is 5.92 Å². The van der Waals surface area contributed by atoms with Gasteiger partial charge in [-0.3, -0.25) is 14.5 Å². The Morgan fingerprint density at radius 1 is 1.21 bits per heavy atom. The fraction of sp³-hybridized carbons (Fsp3) is 0.867. The molecule has 138 valence electrons. The van der Waals surface area contributed by atoms with Crippen LogP contribution in [0.25, 0.3) is 0 Å². The van der Waals surface area contributed by atoms with Gasteiger partial charge in [0.15, 0.2) is 0 Å². The van der Waals surface area contributed by atoms with E-state index in [0.717, 1.165) is 0 Å². The van der Waals surface area contributed by atoms with Crippen LogP contribution < -0.4 is 0 Å². The van der Waals surface area contributed by atoms with Crippen LogP contribution in [0.5, 0.6) is 0 Å². The molecule has 2 amide bonds. The van der Waals surface area contributed by atoms with Crippen LogP contribution >= 0.6 is 0 Å². The van der Waals surface area contributed by atoms with E-state index >= 15 is 0 Å². The maximum absolute atomic E-state index is 12.5. The summed E-state index contributed by atoms with van der Waals surface area (Å²) in [5.74, 6) is -0.504. The van der Waals surface area contributed by atoms with Crippen LogP contribution in [0.2, 0.25) is 0 Å². The molecule has 0 aliphatic carbocycles. The van der Waals surface area contributed by atoms with Crippen LogP contribution in [0.4, 0.5) is 13.2 Å². The monoisotopic (exact) mass is 351 g/mol. The van der Waals surface area contributed by atoms with Crippen molar-refractivity contribution in [2.45, 2.75) is 19.0 Å². The summed E-state index contributed by atoms with van der Waals surface area (Å²) in [5, 5.41) is 0. The van der Waals surface area contributed by atoms with Crippen molar-refractivity contribution in [2.75, 3.05) is 59.5 Å². The van der Waals surface area contributed by atoms with E-state index in [2.05, 4.69) is 0 Å². The Morgan fingerprint density at radius 3 is 2.42 bits per heavy atom. The molecular formula is C15H24F3N3O3. The quantitative estimate of drug-likeness (QED) is 0.727. The van der Waals surface area contributed by atoms with Gasteiger partial charge in [0.05, 0.1) is 19.7 Å². The lowest BCUT2D eigenvalue weighted by Crippen LogP contribution is -2.55. The summed E-state index contributed by atoms with van der Waals surface area (Å²) in [5.41, 5.74) is 0. The molecule has 0 atom stereocenters. The molecule has 2 heterocycles. The number of hydrogen-bond acceptors (Lipinski definition) is 4. The average Bonchev–Trinajstić information content (AvgIpc) is 2.52. The maximum atomic E-state index is 12.5. The highest BCUT2D eigenvalue weighted by Gasteiger charge is 2.36. The third-order valence-corrected chi connectivity index (χ3v) is 4.54. The lowest BCUT2D eigenvalue weighted by Gasteiger charge is -2.38. The first-order chi connectivity index (χ1) is 11.3. The summed E-state index contributed by atoms with van der Waals surface area (Å²) in [7, 11) is 1.56. The molecule has 0 radical (unpaired) electrons. The van der Waals surface area contributed by atoms with E-state index in [1.54, 1.807) is 12.0 Å². The van der Waals surface area contributed by atoms with E-state index in [0.29, 0.717) is 39.1 Å². The van der Waals surface area contributed by atoms with Gasteiger partial charge in [-0.25, -0.2) is 0 Å². The Labute approximate surface area is 139 Å². The first kappa shape index (κ1) is 19.0. The zero-order valence-electron chi connectivity index (χ0n) is 13.8. The number of halogens is 3. The fourth-order valence-electron chi connectivity index (χ4n) is 3.18. The molecule has 2 fully saturated rings. The van der Waals surface area contributed by atoms with E-state index < -0.39 is 12.7 Å².